The van der Waals surface area contributed by atoms with Crippen molar-refractivity contribution in [2.45, 2.75) is 31.2 Å². The number of aliphatic hydroxyl groups excluding tert-OH is 2. The summed E-state index contributed by atoms with van der Waals surface area (Å²) in [6, 6.07) is 68.9. The maximum absolute atomic E-state index is 9.90. The molecule has 0 bridgehead atoms. The van der Waals surface area contributed by atoms with E-state index < -0.39 is 0 Å². The number of benzene rings is 8. The second kappa shape index (κ2) is 34.0. The average Bonchev–Trinajstić information content (AvgIpc) is 1.01. The van der Waals surface area contributed by atoms with Crippen LogP contribution in [-0.4, -0.2) is 126 Å². The quantitative estimate of drug-likeness (QED) is 0.0614. The summed E-state index contributed by atoms with van der Waals surface area (Å²) < 4.78 is 21.7. The first kappa shape index (κ1) is 66.1. The number of nitrogens with zero attached hydrogens (tertiary/aromatic N) is 8. The molecular weight excluding hydrogens is 1190 g/mol. The van der Waals surface area contributed by atoms with Crippen molar-refractivity contribution in [1.29, 1.82) is 15.8 Å². The van der Waals surface area contributed by atoms with Crippen LogP contribution in [0.5, 0.6) is 17.2 Å². The van der Waals surface area contributed by atoms with Crippen LogP contribution in [0.4, 0.5) is 17.1 Å². The van der Waals surface area contributed by atoms with Crippen molar-refractivity contribution < 1.29 is 29.2 Å². The van der Waals surface area contributed by atoms with Crippen molar-refractivity contribution in [3.8, 4) is 35.5 Å². The van der Waals surface area contributed by atoms with Crippen molar-refractivity contribution in [1.82, 2.24) is 15.1 Å². The number of halogens is 3. The fourth-order valence-electron chi connectivity index (χ4n) is 11.5. The molecule has 90 heavy (non-hydrogen) atoms. The van der Waals surface area contributed by atoms with Crippen LogP contribution < -0.4 is 34.2 Å². The molecule has 0 aromatic heterocycles. The van der Waals surface area contributed by atoms with Crippen LogP contribution in [0.2, 0.25) is 15.1 Å². The lowest BCUT2D eigenvalue weighted by Crippen LogP contribution is -2.48. The van der Waals surface area contributed by atoms with E-state index in [9.17, 15) is 15.8 Å². The van der Waals surface area contributed by atoms with E-state index in [-0.39, 0.29) is 44.6 Å². The Morgan fingerprint density at radius 1 is 0.444 bits per heavy atom. The Kier molecular flexibility index (Phi) is 25.0. The van der Waals surface area contributed by atoms with E-state index in [0.717, 1.165) is 105 Å². The Balaban J connectivity index is 0.000000162. The Morgan fingerprint density at radius 2 is 0.811 bits per heavy atom. The molecule has 3 fully saturated rings. The number of methoxy groups -OCH3 is 1. The molecule has 3 aliphatic rings. The topological polar surface area (TPSA) is 177 Å². The van der Waals surface area contributed by atoms with Crippen molar-refractivity contribution in [2.75, 3.05) is 120 Å². The zero-order valence-electron chi connectivity index (χ0n) is 50.4. The number of nitrogens with one attached hydrogen (secondary N) is 1. The molecule has 3 saturated heterocycles. The van der Waals surface area contributed by atoms with Gasteiger partial charge in [-0.1, -0.05) is 132 Å². The minimum Gasteiger partial charge on any atom is -0.491 e. The van der Waals surface area contributed by atoms with Gasteiger partial charge in [-0.3, -0.25) is 9.80 Å². The molecule has 8 aromatic carbocycles. The van der Waals surface area contributed by atoms with Crippen LogP contribution in [-0.2, 0) is 17.8 Å². The maximum atomic E-state index is 9.90. The van der Waals surface area contributed by atoms with Gasteiger partial charge in [0, 0.05) is 94.2 Å². The molecule has 0 spiro atoms. The van der Waals surface area contributed by atoms with Gasteiger partial charge < -0.3 is 49.2 Å². The van der Waals surface area contributed by atoms with Gasteiger partial charge in [0.25, 0.3) is 0 Å². The van der Waals surface area contributed by atoms with E-state index in [1.54, 1.807) is 19.2 Å². The van der Waals surface area contributed by atoms with Crippen molar-refractivity contribution >= 4 is 51.9 Å². The van der Waals surface area contributed by atoms with Gasteiger partial charge >= 0.3 is 0 Å². The molecule has 0 saturated carbocycles. The van der Waals surface area contributed by atoms with Crippen LogP contribution in [0.3, 0.4) is 0 Å². The van der Waals surface area contributed by atoms with Gasteiger partial charge in [-0.05, 0) is 119 Å². The number of hydrogen-bond acceptors (Lipinski definition) is 15. The number of aliphatic hydroxyl groups is 2. The van der Waals surface area contributed by atoms with E-state index in [1.807, 2.05) is 103 Å². The first-order valence-corrected chi connectivity index (χ1v) is 31.2. The second-order valence-electron chi connectivity index (χ2n) is 21.8. The predicted octanol–water partition coefficient (Wildman–Crippen LogP) is 12.7. The van der Waals surface area contributed by atoms with Gasteiger partial charge in [-0.2, -0.15) is 15.8 Å². The molecule has 0 radical (unpaired) electrons. The zero-order valence-corrected chi connectivity index (χ0v) is 52.7. The third-order valence-corrected chi connectivity index (χ3v) is 16.7. The standard InChI is InChI=1S/C27H28ClN3O2.C26H26ClN3O2.C19H20ClN3O2/c1-32-15-16-33-25-11-12-26(23(17-25)18-29)31-14-13-30(19-21-5-3-2-4-6-21)20-27(31)22-7-9-24(28)10-8-22;27-23-8-6-21(7-9-23)26-19-29(18-20-4-2-1-3-5-20)12-13-30(26)25-11-10-24(32-15-14-31)16-22(25)17-28;20-16-3-1-14(2-4-16)19-13-22-7-8-23(19)18-6-5-17(25-10-9-24)11-15(18)12-21/h2-12,17,27H,13-16,19-20H2,1H3;1-11,16,26,31H,12-15,18-19H2;1-6,11,19,22,24H,7-10,13H2/t27-;26-;19-/m000/s1. The van der Waals surface area contributed by atoms with Crippen LogP contribution in [0.1, 0.15) is 62.6 Å². The lowest BCUT2D eigenvalue weighted by atomic mass is 9.99. The molecule has 0 amide bonds. The van der Waals surface area contributed by atoms with Gasteiger partial charge in [0.1, 0.15) is 55.3 Å². The minimum absolute atomic E-state index is 0.0555. The molecule has 3 N–H and O–H groups in total. The molecular formula is C72H74Cl3N9O6. The third kappa shape index (κ3) is 18.2. The largest absolute Gasteiger partial charge is 0.491 e. The summed E-state index contributed by atoms with van der Waals surface area (Å²) in [6.45, 7) is 10.6. The molecule has 464 valence electrons. The van der Waals surface area contributed by atoms with Gasteiger partial charge in [0.15, 0.2) is 0 Å². The molecule has 8 aromatic rings. The maximum Gasteiger partial charge on any atom is 0.120 e. The van der Waals surface area contributed by atoms with Gasteiger partial charge in [-0.25, -0.2) is 0 Å². The Labute approximate surface area is 543 Å². The van der Waals surface area contributed by atoms with E-state index in [4.69, 9.17) is 64.0 Å². The molecule has 3 heterocycles. The van der Waals surface area contributed by atoms with E-state index >= 15 is 0 Å². The van der Waals surface area contributed by atoms with E-state index in [2.05, 4.69) is 121 Å². The second-order valence-corrected chi connectivity index (χ2v) is 23.1. The highest BCUT2D eigenvalue weighted by molar-refractivity contribution is 6.31. The van der Waals surface area contributed by atoms with Crippen LogP contribution in [0.15, 0.2) is 188 Å². The first-order chi connectivity index (χ1) is 44.1. The fraction of sp³-hybridized carbons (Fsp3) is 0.292. The highest BCUT2D eigenvalue weighted by Gasteiger charge is 2.32. The number of ether oxygens (including phenoxy) is 4. The molecule has 0 unspecified atom stereocenters. The summed E-state index contributed by atoms with van der Waals surface area (Å²) in [5, 5.41) is 52.8. The molecule has 3 atom stereocenters. The number of piperazine rings is 3. The van der Waals surface area contributed by atoms with Gasteiger partial charge in [-0.15, -0.1) is 0 Å². The number of nitriles is 3. The Morgan fingerprint density at radius 3 is 1.18 bits per heavy atom. The highest BCUT2D eigenvalue weighted by Crippen LogP contribution is 2.38. The summed E-state index contributed by atoms with van der Waals surface area (Å²) in [4.78, 5) is 11.8. The average molecular weight is 1270 g/mol. The van der Waals surface area contributed by atoms with Crippen molar-refractivity contribution in [3.63, 3.8) is 0 Å². The van der Waals surface area contributed by atoms with Gasteiger partial charge in [0.05, 0.1) is 71.7 Å². The highest BCUT2D eigenvalue weighted by atomic mass is 35.5. The summed E-state index contributed by atoms with van der Waals surface area (Å²) >= 11 is 18.3. The summed E-state index contributed by atoms with van der Waals surface area (Å²) in [5.74, 6) is 1.86. The molecule has 11 rings (SSSR count). The lowest BCUT2D eigenvalue weighted by Gasteiger charge is -2.43. The fourth-order valence-corrected chi connectivity index (χ4v) is 11.9. The van der Waals surface area contributed by atoms with Crippen LogP contribution in [0.25, 0.3) is 0 Å². The summed E-state index contributed by atoms with van der Waals surface area (Å²) in [6.07, 6.45) is 0. The van der Waals surface area contributed by atoms with E-state index in [0.29, 0.717) is 57.2 Å². The molecule has 0 aliphatic carbocycles. The minimum atomic E-state index is -0.0638. The zero-order chi connectivity index (χ0) is 63.0. The van der Waals surface area contributed by atoms with Crippen molar-refractivity contribution in [2.24, 2.45) is 0 Å². The normalized spacial score (nSPS) is 16.7. The molecule has 15 nitrogen and oxygen atoms in total. The number of hydrogen-bond donors (Lipinski definition) is 3. The van der Waals surface area contributed by atoms with Crippen LogP contribution in [0, 0.1) is 34.0 Å². The Hall–Kier alpha value is -8.34. The summed E-state index contributed by atoms with van der Waals surface area (Å²) in [5.41, 5.74) is 10.5. The molecule has 3 aliphatic heterocycles. The number of rotatable bonds is 20. The number of anilines is 3. The van der Waals surface area contributed by atoms with Gasteiger partial charge in [0.2, 0.25) is 0 Å². The predicted molar refractivity (Wildman–Crippen MR) is 357 cm³/mol. The Bertz CT molecular complexity index is 3670. The summed E-state index contributed by atoms with van der Waals surface area (Å²) in [7, 11) is 1.64. The van der Waals surface area contributed by atoms with Crippen molar-refractivity contribution in [3.05, 3.63) is 248 Å². The smallest absolute Gasteiger partial charge is 0.120 e. The SMILES string of the molecule is COCCOc1ccc(N2CCN(Cc3ccccc3)C[C@H]2c2ccc(Cl)cc2)c(C#N)c1.N#Cc1cc(OCCO)ccc1N1CCN(Cc2ccccc2)C[C@H]1c1ccc(Cl)cc1.N#Cc1cc(OCCO)ccc1N1CCNC[C@H]1c1ccc(Cl)cc1. The van der Waals surface area contributed by atoms with E-state index in [1.165, 1.54) is 16.7 Å². The monoisotopic (exact) mass is 1270 g/mol. The first-order valence-electron chi connectivity index (χ1n) is 30.1. The van der Waals surface area contributed by atoms with Crippen LogP contribution >= 0.6 is 34.8 Å². The lowest BCUT2D eigenvalue weighted by molar-refractivity contribution is 0.146. The third-order valence-electron chi connectivity index (χ3n) is 15.9. The molecule has 18 heteroatoms.